The van der Waals surface area contributed by atoms with Gasteiger partial charge < -0.3 is 4.52 Å². The van der Waals surface area contributed by atoms with E-state index in [0.717, 1.165) is 28.6 Å². The number of nitrogens with zero attached hydrogens (tertiary/aromatic N) is 5. The molecule has 0 bridgehead atoms. The number of aryl methyl sites for hydroxylation is 1. The fourth-order valence-electron chi connectivity index (χ4n) is 5.15. The van der Waals surface area contributed by atoms with Crippen LogP contribution >= 0.6 is 0 Å². The van der Waals surface area contributed by atoms with Gasteiger partial charge in [-0.25, -0.2) is 9.07 Å². The molecular formula is C26H21F6N5O2. The van der Waals surface area contributed by atoms with Gasteiger partial charge in [0.1, 0.15) is 11.5 Å². The van der Waals surface area contributed by atoms with Crippen LogP contribution in [-0.2, 0) is 12.7 Å². The molecule has 0 unspecified atom stereocenters. The first kappa shape index (κ1) is 26.6. The van der Waals surface area contributed by atoms with Crippen LogP contribution in [0, 0.1) is 12.7 Å². The molecule has 1 aliphatic carbocycles. The lowest BCUT2D eigenvalue weighted by Gasteiger charge is -2.17. The molecule has 39 heavy (non-hydrogen) atoms. The van der Waals surface area contributed by atoms with E-state index in [1.54, 1.807) is 19.1 Å². The van der Waals surface area contributed by atoms with Crippen LogP contribution < -0.4 is 5.56 Å². The molecule has 3 aromatic heterocycles. The Hall–Kier alpha value is -4.03. The smallest absolute Gasteiger partial charge is 0.333 e. The van der Waals surface area contributed by atoms with Gasteiger partial charge >= 0.3 is 12.6 Å². The van der Waals surface area contributed by atoms with E-state index in [4.69, 9.17) is 0 Å². The predicted molar refractivity (Wildman–Crippen MR) is 126 cm³/mol. The summed E-state index contributed by atoms with van der Waals surface area (Å²) in [5, 5.41) is 7.58. The lowest BCUT2D eigenvalue weighted by molar-refractivity contribution is -0.138. The molecule has 3 heterocycles. The van der Waals surface area contributed by atoms with Crippen LogP contribution in [0.3, 0.4) is 0 Å². The first-order chi connectivity index (χ1) is 18.5. The molecule has 0 saturated heterocycles. The Labute approximate surface area is 217 Å². The maximum Gasteiger partial charge on any atom is 0.418 e. The molecular weight excluding hydrogens is 528 g/mol. The van der Waals surface area contributed by atoms with Crippen LogP contribution in [0.25, 0.3) is 11.5 Å². The van der Waals surface area contributed by atoms with Crippen molar-refractivity contribution < 1.29 is 30.9 Å². The number of alkyl halides is 5. The number of benzene rings is 1. The summed E-state index contributed by atoms with van der Waals surface area (Å²) in [6, 6.07) is 8.08. The highest BCUT2D eigenvalue weighted by Gasteiger charge is 2.35. The molecule has 1 fully saturated rings. The van der Waals surface area contributed by atoms with E-state index in [-0.39, 0.29) is 28.8 Å². The molecule has 0 N–H and O–H groups in total. The summed E-state index contributed by atoms with van der Waals surface area (Å²) in [7, 11) is 0. The van der Waals surface area contributed by atoms with Crippen molar-refractivity contribution in [2.75, 3.05) is 0 Å². The van der Waals surface area contributed by atoms with Gasteiger partial charge in [0.25, 0.3) is 11.4 Å². The second-order valence-electron chi connectivity index (χ2n) is 9.38. The number of hydrogen-bond acceptors (Lipinski definition) is 6. The number of hydrogen-bond donors (Lipinski definition) is 0. The Morgan fingerprint density at radius 3 is 2.59 bits per heavy atom. The van der Waals surface area contributed by atoms with Crippen LogP contribution in [0.4, 0.5) is 26.3 Å². The fourth-order valence-corrected chi connectivity index (χ4v) is 5.15. The molecule has 1 aromatic carbocycles. The SMILES string of the molecule is Cc1cccc(F)c1[C@H]1CC[C@@H](c2cc(-c3noc(C(F)F)n3)nn(Cc3ncccc3C(F)(F)F)c2=O)C1. The third-order valence-corrected chi connectivity index (χ3v) is 6.91. The average Bonchev–Trinajstić information content (AvgIpc) is 3.56. The van der Waals surface area contributed by atoms with Crippen molar-refractivity contribution in [3.8, 4) is 11.5 Å². The number of halogens is 6. The molecule has 0 aliphatic heterocycles. The van der Waals surface area contributed by atoms with Crippen molar-refractivity contribution in [3.05, 3.63) is 92.6 Å². The van der Waals surface area contributed by atoms with E-state index in [2.05, 4.69) is 24.7 Å². The minimum atomic E-state index is -4.73. The van der Waals surface area contributed by atoms with Gasteiger partial charge in [0.15, 0.2) is 0 Å². The highest BCUT2D eigenvalue weighted by atomic mass is 19.4. The van der Waals surface area contributed by atoms with E-state index in [0.29, 0.717) is 24.8 Å². The maximum atomic E-state index is 14.6. The van der Waals surface area contributed by atoms with E-state index in [1.807, 2.05) is 0 Å². The number of rotatable bonds is 6. The number of aromatic nitrogens is 5. The van der Waals surface area contributed by atoms with Crippen molar-refractivity contribution in [1.82, 2.24) is 24.9 Å². The van der Waals surface area contributed by atoms with Crippen LogP contribution in [0.15, 0.2) is 51.9 Å². The highest BCUT2D eigenvalue weighted by Crippen LogP contribution is 2.44. The highest BCUT2D eigenvalue weighted by molar-refractivity contribution is 5.49. The topological polar surface area (TPSA) is 86.7 Å². The van der Waals surface area contributed by atoms with Crippen molar-refractivity contribution in [1.29, 1.82) is 0 Å². The Morgan fingerprint density at radius 2 is 1.90 bits per heavy atom. The van der Waals surface area contributed by atoms with Gasteiger partial charge in [-0.2, -0.15) is 32.0 Å². The largest absolute Gasteiger partial charge is 0.418 e. The molecule has 5 rings (SSSR count). The first-order valence-corrected chi connectivity index (χ1v) is 12.0. The molecule has 0 amide bonds. The van der Waals surface area contributed by atoms with Gasteiger partial charge in [-0.3, -0.25) is 9.78 Å². The zero-order valence-corrected chi connectivity index (χ0v) is 20.4. The van der Waals surface area contributed by atoms with Gasteiger partial charge in [-0.1, -0.05) is 17.3 Å². The Balaban J connectivity index is 1.58. The van der Waals surface area contributed by atoms with Crippen molar-refractivity contribution in [3.63, 3.8) is 0 Å². The second-order valence-corrected chi connectivity index (χ2v) is 9.38. The quantitative estimate of drug-likeness (QED) is 0.267. The Bertz CT molecular complexity index is 1540. The van der Waals surface area contributed by atoms with Crippen molar-refractivity contribution in [2.45, 2.75) is 57.2 Å². The van der Waals surface area contributed by atoms with Gasteiger partial charge in [-0.15, -0.1) is 0 Å². The minimum Gasteiger partial charge on any atom is -0.333 e. The van der Waals surface area contributed by atoms with Crippen molar-refractivity contribution in [2.24, 2.45) is 0 Å². The molecule has 204 valence electrons. The van der Waals surface area contributed by atoms with Gasteiger partial charge in [0, 0.05) is 11.8 Å². The van der Waals surface area contributed by atoms with E-state index in [1.165, 1.54) is 12.1 Å². The second kappa shape index (κ2) is 10.3. The zero-order chi connectivity index (χ0) is 27.9. The van der Waals surface area contributed by atoms with Crippen LogP contribution in [-0.4, -0.2) is 24.9 Å². The summed E-state index contributed by atoms with van der Waals surface area (Å²) in [5.41, 5.74) is -0.783. The zero-order valence-electron chi connectivity index (χ0n) is 20.4. The monoisotopic (exact) mass is 549 g/mol. The molecule has 13 heteroatoms. The van der Waals surface area contributed by atoms with E-state index < -0.39 is 47.8 Å². The third-order valence-electron chi connectivity index (χ3n) is 6.91. The molecule has 0 radical (unpaired) electrons. The summed E-state index contributed by atoms with van der Waals surface area (Å²) >= 11 is 0. The maximum absolute atomic E-state index is 14.6. The van der Waals surface area contributed by atoms with Crippen LogP contribution in [0.1, 0.15) is 71.4 Å². The molecule has 2 atom stereocenters. The lowest BCUT2D eigenvalue weighted by atomic mass is 9.90. The van der Waals surface area contributed by atoms with Gasteiger partial charge in [0.05, 0.1) is 17.8 Å². The van der Waals surface area contributed by atoms with Crippen LogP contribution in [0.5, 0.6) is 0 Å². The molecule has 0 spiro atoms. The minimum absolute atomic E-state index is 0.129. The molecule has 1 saturated carbocycles. The normalized spacial score (nSPS) is 17.7. The Morgan fingerprint density at radius 1 is 1.13 bits per heavy atom. The van der Waals surface area contributed by atoms with Gasteiger partial charge in [-0.05, 0) is 73.4 Å². The summed E-state index contributed by atoms with van der Waals surface area (Å²) in [5.74, 6) is -2.26. The standard InChI is InChI=1S/C26H21F6N5O2/c1-13-4-2-6-18(27)21(13)15-8-7-14(10-15)16-11-19(23-34-24(22(28)29)39-36-23)35-37(25(16)38)12-20-17(26(30,31)32)5-3-9-33-20/h2-6,9,11,14-15,22H,7-8,10,12H2,1H3/t14-,15+/m1/s1. The summed E-state index contributed by atoms with van der Waals surface area (Å²) in [6.45, 7) is 1.16. The number of pyridine rings is 1. The summed E-state index contributed by atoms with van der Waals surface area (Å²) < 4.78 is 86.9. The van der Waals surface area contributed by atoms with Crippen LogP contribution in [0.2, 0.25) is 0 Å². The average molecular weight is 549 g/mol. The third kappa shape index (κ3) is 5.30. The summed E-state index contributed by atoms with van der Waals surface area (Å²) in [6.07, 6.45) is -5.18. The van der Waals surface area contributed by atoms with E-state index >= 15 is 0 Å². The van der Waals surface area contributed by atoms with E-state index in [9.17, 15) is 31.1 Å². The first-order valence-electron chi connectivity index (χ1n) is 12.0. The Kier molecular flexibility index (Phi) is 7.00. The van der Waals surface area contributed by atoms with Crippen molar-refractivity contribution >= 4 is 0 Å². The molecule has 4 aromatic rings. The molecule has 1 aliphatic rings. The molecule has 7 nitrogen and oxygen atoms in total. The van der Waals surface area contributed by atoms with Gasteiger partial charge in [0.2, 0.25) is 5.82 Å². The summed E-state index contributed by atoms with van der Waals surface area (Å²) in [4.78, 5) is 20.9. The fraction of sp³-hybridized carbons (Fsp3) is 0.346. The predicted octanol–water partition coefficient (Wildman–Crippen LogP) is 6.19. The lowest BCUT2D eigenvalue weighted by Crippen LogP contribution is -2.29.